The topological polar surface area (TPSA) is 53.1 Å². The Hall–Kier alpha value is -2.86. The minimum Gasteiger partial charge on any atom is -0.497 e. The van der Waals surface area contributed by atoms with Crippen LogP contribution in [0.5, 0.6) is 5.75 Å². The van der Waals surface area contributed by atoms with Crippen LogP contribution in [0, 0.1) is 0 Å². The predicted molar refractivity (Wildman–Crippen MR) is 121 cm³/mol. The first-order valence-corrected chi connectivity index (χ1v) is 11.1. The van der Waals surface area contributed by atoms with Crippen LogP contribution in [-0.2, 0) is 9.59 Å². The van der Waals surface area contributed by atoms with Gasteiger partial charge in [0, 0.05) is 57.2 Å². The Kier molecular flexibility index (Phi) is 6.87. The number of methoxy groups -OCH3 is 1. The van der Waals surface area contributed by atoms with Crippen molar-refractivity contribution in [2.24, 2.45) is 0 Å². The lowest BCUT2D eigenvalue weighted by molar-refractivity contribution is -0.148. The maximum Gasteiger partial charge on any atom is 0.229 e. The van der Waals surface area contributed by atoms with E-state index < -0.39 is 0 Å². The summed E-state index contributed by atoms with van der Waals surface area (Å²) >= 11 is 0. The molecule has 2 fully saturated rings. The van der Waals surface area contributed by atoms with E-state index in [4.69, 9.17) is 4.74 Å². The summed E-state index contributed by atoms with van der Waals surface area (Å²) in [5.74, 6) is 0.647. The number of benzene rings is 2. The number of piperidine rings is 1. The molecule has 6 nitrogen and oxygen atoms in total. The van der Waals surface area contributed by atoms with Crippen molar-refractivity contribution in [3.63, 3.8) is 0 Å². The predicted octanol–water partition coefficient (Wildman–Crippen LogP) is 3.14. The van der Waals surface area contributed by atoms with Gasteiger partial charge in [-0.25, -0.2) is 0 Å². The van der Waals surface area contributed by atoms with E-state index in [2.05, 4.69) is 34.1 Å². The van der Waals surface area contributed by atoms with Gasteiger partial charge in [0.1, 0.15) is 5.75 Å². The highest BCUT2D eigenvalue weighted by molar-refractivity contribution is 5.98. The minimum absolute atomic E-state index is 0.0341. The Balaban J connectivity index is 1.21. The highest BCUT2D eigenvalue weighted by atomic mass is 16.5. The van der Waals surface area contributed by atoms with Crippen LogP contribution in [-0.4, -0.2) is 68.0 Å². The molecule has 164 valence electrons. The molecule has 0 radical (unpaired) electrons. The number of piperazine rings is 1. The highest BCUT2D eigenvalue weighted by Crippen LogP contribution is 2.30. The van der Waals surface area contributed by atoms with Crippen molar-refractivity contribution >= 4 is 17.5 Å². The molecule has 0 bridgehead atoms. The molecule has 2 amide bonds. The van der Waals surface area contributed by atoms with Crippen molar-refractivity contribution in [1.82, 2.24) is 9.80 Å². The molecule has 0 atom stereocenters. The Labute approximate surface area is 184 Å². The van der Waals surface area contributed by atoms with Crippen LogP contribution in [0.25, 0.3) is 0 Å². The number of nitrogens with zero attached hydrogens (tertiary/aromatic N) is 3. The number of likely N-dealkylation sites (tertiary alicyclic amines) is 1. The van der Waals surface area contributed by atoms with Crippen molar-refractivity contribution < 1.29 is 14.3 Å². The number of hydrogen-bond acceptors (Lipinski definition) is 5. The van der Waals surface area contributed by atoms with Crippen LogP contribution < -0.4 is 9.64 Å². The zero-order chi connectivity index (χ0) is 21.6. The second-order valence-electron chi connectivity index (χ2n) is 8.34. The number of imide groups is 1. The van der Waals surface area contributed by atoms with E-state index in [0.29, 0.717) is 19.4 Å². The molecule has 0 N–H and O–H groups in total. The van der Waals surface area contributed by atoms with Crippen LogP contribution in [0.4, 0.5) is 5.69 Å². The summed E-state index contributed by atoms with van der Waals surface area (Å²) in [4.78, 5) is 31.6. The number of amides is 2. The van der Waals surface area contributed by atoms with Crippen LogP contribution >= 0.6 is 0 Å². The normalized spacial score (nSPS) is 18.5. The Morgan fingerprint density at radius 3 is 2.10 bits per heavy atom. The summed E-state index contributed by atoms with van der Waals surface area (Å²) in [5, 5.41) is 0. The van der Waals surface area contributed by atoms with Crippen LogP contribution in [0.15, 0.2) is 54.6 Å². The Morgan fingerprint density at radius 1 is 0.839 bits per heavy atom. The van der Waals surface area contributed by atoms with E-state index >= 15 is 0 Å². The third kappa shape index (κ3) is 5.25. The Morgan fingerprint density at radius 2 is 1.48 bits per heavy atom. The number of carbonyl (C=O) groups is 2. The smallest absolute Gasteiger partial charge is 0.229 e. The lowest BCUT2D eigenvalue weighted by Crippen LogP contribution is -2.48. The number of carbonyl (C=O) groups excluding carboxylic acids is 2. The third-order valence-corrected chi connectivity index (χ3v) is 6.38. The Bertz CT molecular complexity index is 859. The minimum atomic E-state index is -0.0500. The number of rotatable bonds is 7. The molecule has 2 heterocycles. The molecule has 31 heavy (non-hydrogen) atoms. The van der Waals surface area contributed by atoms with Crippen LogP contribution in [0.3, 0.4) is 0 Å². The standard InChI is InChI=1S/C25H31N3O3/c1-31-23-10-8-20(9-11-23)21-18-24(29)28(25(30)19-21)13-5-12-26-14-16-27(17-15-26)22-6-3-2-4-7-22/h2-4,6-11,21H,5,12-19H2,1H3. The van der Waals surface area contributed by atoms with Gasteiger partial charge in [0.25, 0.3) is 0 Å². The second kappa shape index (κ2) is 9.96. The molecule has 6 heteroatoms. The number of ether oxygens (including phenoxy) is 1. The zero-order valence-electron chi connectivity index (χ0n) is 18.2. The fourth-order valence-corrected chi connectivity index (χ4v) is 4.54. The van der Waals surface area contributed by atoms with Crippen molar-refractivity contribution in [3.05, 3.63) is 60.2 Å². The number of para-hydroxylation sites is 1. The van der Waals surface area contributed by atoms with E-state index in [1.165, 1.54) is 10.6 Å². The molecule has 2 saturated heterocycles. The first-order valence-electron chi connectivity index (χ1n) is 11.1. The van der Waals surface area contributed by atoms with Gasteiger partial charge < -0.3 is 9.64 Å². The summed E-state index contributed by atoms with van der Waals surface area (Å²) in [6, 6.07) is 18.2. The molecule has 4 rings (SSSR count). The fourth-order valence-electron chi connectivity index (χ4n) is 4.54. The van der Waals surface area contributed by atoms with Crippen molar-refractivity contribution in [2.75, 3.05) is 51.3 Å². The molecule has 0 spiro atoms. The van der Waals surface area contributed by atoms with Gasteiger partial charge in [0.05, 0.1) is 7.11 Å². The SMILES string of the molecule is COc1ccc(C2CC(=O)N(CCCN3CCN(c4ccccc4)CC3)C(=O)C2)cc1. The summed E-state index contributed by atoms with van der Waals surface area (Å²) in [7, 11) is 1.63. The summed E-state index contributed by atoms with van der Waals surface area (Å²) < 4.78 is 5.19. The molecule has 2 aromatic carbocycles. The lowest BCUT2D eigenvalue weighted by Gasteiger charge is -2.36. The number of anilines is 1. The summed E-state index contributed by atoms with van der Waals surface area (Å²) in [6.45, 7) is 5.48. The third-order valence-electron chi connectivity index (χ3n) is 6.38. The van der Waals surface area contributed by atoms with Gasteiger partial charge in [-0.05, 0) is 42.8 Å². The van der Waals surface area contributed by atoms with Gasteiger partial charge in [-0.3, -0.25) is 19.4 Å². The van der Waals surface area contributed by atoms with Gasteiger partial charge in [-0.2, -0.15) is 0 Å². The van der Waals surface area contributed by atoms with E-state index in [1.54, 1.807) is 7.11 Å². The van der Waals surface area contributed by atoms with E-state index in [1.807, 2.05) is 30.3 Å². The fraction of sp³-hybridized carbons (Fsp3) is 0.440. The number of hydrogen-bond donors (Lipinski definition) is 0. The van der Waals surface area contributed by atoms with E-state index in [9.17, 15) is 9.59 Å². The van der Waals surface area contributed by atoms with Gasteiger partial charge in [-0.1, -0.05) is 30.3 Å². The van der Waals surface area contributed by atoms with Gasteiger partial charge in [0.2, 0.25) is 11.8 Å². The monoisotopic (exact) mass is 421 g/mol. The first-order chi connectivity index (χ1) is 15.1. The van der Waals surface area contributed by atoms with Crippen molar-refractivity contribution in [1.29, 1.82) is 0 Å². The molecule has 0 saturated carbocycles. The van der Waals surface area contributed by atoms with Crippen molar-refractivity contribution in [2.45, 2.75) is 25.2 Å². The lowest BCUT2D eigenvalue weighted by atomic mass is 9.88. The van der Waals surface area contributed by atoms with E-state index in [-0.39, 0.29) is 17.7 Å². The van der Waals surface area contributed by atoms with Crippen LogP contribution in [0.1, 0.15) is 30.7 Å². The molecule has 0 aliphatic carbocycles. The molecular formula is C25H31N3O3. The molecule has 2 aromatic rings. The zero-order valence-corrected chi connectivity index (χ0v) is 18.2. The molecule has 2 aliphatic heterocycles. The van der Waals surface area contributed by atoms with Gasteiger partial charge in [-0.15, -0.1) is 0 Å². The molecule has 0 unspecified atom stereocenters. The van der Waals surface area contributed by atoms with Gasteiger partial charge >= 0.3 is 0 Å². The van der Waals surface area contributed by atoms with Crippen LogP contribution in [0.2, 0.25) is 0 Å². The summed E-state index contributed by atoms with van der Waals surface area (Å²) in [5.41, 5.74) is 2.30. The molecule has 2 aliphatic rings. The quantitative estimate of drug-likeness (QED) is 0.643. The maximum absolute atomic E-state index is 12.7. The maximum atomic E-state index is 12.7. The molecular weight excluding hydrogens is 390 g/mol. The average molecular weight is 422 g/mol. The largest absolute Gasteiger partial charge is 0.497 e. The molecule has 0 aromatic heterocycles. The highest BCUT2D eigenvalue weighted by Gasteiger charge is 2.33. The second-order valence-corrected chi connectivity index (χ2v) is 8.34. The average Bonchev–Trinajstić information content (AvgIpc) is 2.82. The van der Waals surface area contributed by atoms with E-state index in [0.717, 1.165) is 50.5 Å². The summed E-state index contributed by atoms with van der Waals surface area (Å²) in [6.07, 6.45) is 1.62. The van der Waals surface area contributed by atoms with Crippen molar-refractivity contribution in [3.8, 4) is 5.75 Å². The first kappa shape index (κ1) is 21.4. The van der Waals surface area contributed by atoms with Gasteiger partial charge in [0.15, 0.2) is 0 Å².